The second kappa shape index (κ2) is 5.77. The Morgan fingerprint density at radius 1 is 1.27 bits per heavy atom. The Balaban J connectivity index is 2.34. The first kappa shape index (κ1) is 11.2. The monoisotopic (exact) mass is 208 g/mol. The van der Waals surface area contributed by atoms with E-state index in [-0.39, 0.29) is 12.5 Å². The van der Waals surface area contributed by atoms with E-state index in [1.54, 1.807) is 30.3 Å². The molecule has 0 aromatic heterocycles. The summed E-state index contributed by atoms with van der Waals surface area (Å²) in [5.41, 5.74) is 2.71. The molecule has 5 nitrogen and oxygen atoms in total. The minimum Gasteiger partial charge on any atom is -0.366 e. The second-order valence-corrected chi connectivity index (χ2v) is 2.75. The minimum atomic E-state index is -0.514. The van der Waals surface area contributed by atoms with Crippen LogP contribution in [0.4, 0.5) is 0 Å². The van der Waals surface area contributed by atoms with Crippen molar-refractivity contribution in [2.45, 2.75) is 0 Å². The second-order valence-electron chi connectivity index (χ2n) is 2.75. The van der Waals surface area contributed by atoms with Crippen LogP contribution in [0.1, 0.15) is 10.4 Å². The fourth-order valence-electron chi connectivity index (χ4n) is 0.889. The van der Waals surface area contributed by atoms with Crippen LogP contribution >= 0.6 is 0 Å². The molecule has 0 spiro atoms. The van der Waals surface area contributed by atoms with E-state index in [2.05, 4.69) is 15.6 Å². The molecule has 15 heavy (non-hydrogen) atoms. The smallest absolute Gasteiger partial charge is 0.356 e. The summed E-state index contributed by atoms with van der Waals surface area (Å²) in [6.07, 6.45) is 0. The number of amides is 1. The van der Waals surface area contributed by atoms with E-state index >= 15 is 0 Å². The van der Waals surface area contributed by atoms with Gasteiger partial charge in [-0.2, -0.15) is 0 Å². The standard InChI is InChI=1S/C10H12N2O3/c1-11-9(13)7-12-15-10(14)8-5-3-2-4-6-8/h2-6,12H,7H2,1H3,(H,11,13). The predicted molar refractivity (Wildman–Crippen MR) is 53.9 cm³/mol. The van der Waals surface area contributed by atoms with Crippen molar-refractivity contribution in [3.8, 4) is 0 Å². The number of hydrogen-bond acceptors (Lipinski definition) is 4. The zero-order valence-corrected chi connectivity index (χ0v) is 8.32. The first-order chi connectivity index (χ1) is 7.24. The highest BCUT2D eigenvalue weighted by Gasteiger charge is 2.06. The van der Waals surface area contributed by atoms with Crippen molar-refractivity contribution in [2.75, 3.05) is 13.6 Å². The average molecular weight is 208 g/mol. The molecule has 2 N–H and O–H groups in total. The molecule has 0 atom stereocenters. The van der Waals surface area contributed by atoms with E-state index in [4.69, 9.17) is 0 Å². The number of hydroxylamine groups is 1. The minimum absolute atomic E-state index is 0.0604. The first-order valence-electron chi connectivity index (χ1n) is 4.43. The largest absolute Gasteiger partial charge is 0.366 e. The Hall–Kier alpha value is -1.88. The lowest BCUT2D eigenvalue weighted by molar-refractivity contribution is -0.121. The van der Waals surface area contributed by atoms with Gasteiger partial charge in [0.05, 0.1) is 5.56 Å². The SMILES string of the molecule is CNC(=O)CNOC(=O)c1ccccc1. The van der Waals surface area contributed by atoms with Gasteiger partial charge in [0, 0.05) is 7.05 Å². The topological polar surface area (TPSA) is 67.4 Å². The van der Waals surface area contributed by atoms with Crippen LogP contribution in [0, 0.1) is 0 Å². The summed E-state index contributed by atoms with van der Waals surface area (Å²) in [6.45, 7) is -0.0604. The van der Waals surface area contributed by atoms with Gasteiger partial charge in [-0.3, -0.25) is 4.79 Å². The normalized spacial score (nSPS) is 9.40. The summed E-state index contributed by atoms with van der Waals surface area (Å²) in [6, 6.07) is 8.52. The molecule has 0 bridgehead atoms. The van der Waals surface area contributed by atoms with E-state index in [1.807, 2.05) is 0 Å². The van der Waals surface area contributed by atoms with Gasteiger partial charge < -0.3 is 10.2 Å². The fraction of sp³-hybridized carbons (Fsp3) is 0.200. The van der Waals surface area contributed by atoms with Crippen molar-refractivity contribution in [1.29, 1.82) is 0 Å². The van der Waals surface area contributed by atoms with Crippen LogP contribution in [0.3, 0.4) is 0 Å². The molecule has 1 aromatic rings. The molecule has 0 aliphatic heterocycles. The molecular formula is C10H12N2O3. The van der Waals surface area contributed by atoms with Crippen molar-refractivity contribution >= 4 is 11.9 Å². The number of benzene rings is 1. The summed E-state index contributed by atoms with van der Waals surface area (Å²) in [5, 5.41) is 2.39. The molecule has 5 heteroatoms. The quantitative estimate of drug-likeness (QED) is 0.688. The maximum Gasteiger partial charge on any atom is 0.356 e. The highest BCUT2D eigenvalue weighted by atomic mass is 16.7. The number of rotatable bonds is 4. The van der Waals surface area contributed by atoms with Gasteiger partial charge >= 0.3 is 5.97 Å². The number of hydrogen-bond donors (Lipinski definition) is 2. The summed E-state index contributed by atoms with van der Waals surface area (Å²) >= 11 is 0. The van der Waals surface area contributed by atoms with Gasteiger partial charge in [0.1, 0.15) is 6.54 Å². The van der Waals surface area contributed by atoms with E-state index in [0.29, 0.717) is 5.56 Å². The molecule has 1 rings (SSSR count). The zero-order chi connectivity index (χ0) is 11.1. The highest BCUT2D eigenvalue weighted by Crippen LogP contribution is 1.99. The van der Waals surface area contributed by atoms with Crippen LogP contribution in [0.25, 0.3) is 0 Å². The summed E-state index contributed by atoms with van der Waals surface area (Å²) < 4.78 is 0. The molecule has 0 unspecified atom stereocenters. The Kier molecular flexibility index (Phi) is 4.30. The third kappa shape index (κ3) is 3.78. The fourth-order valence-corrected chi connectivity index (χ4v) is 0.889. The molecule has 80 valence electrons. The molecule has 1 aromatic carbocycles. The van der Waals surface area contributed by atoms with Crippen molar-refractivity contribution in [3.63, 3.8) is 0 Å². The maximum atomic E-state index is 11.3. The molecule has 0 heterocycles. The number of carbonyl (C=O) groups excluding carboxylic acids is 2. The van der Waals surface area contributed by atoms with Crippen LogP contribution in [-0.2, 0) is 9.63 Å². The number of carbonyl (C=O) groups is 2. The van der Waals surface area contributed by atoms with E-state index in [1.165, 1.54) is 7.05 Å². The lowest BCUT2D eigenvalue weighted by Crippen LogP contribution is -2.32. The molecule has 0 saturated carbocycles. The van der Waals surface area contributed by atoms with Crippen molar-refractivity contribution in [3.05, 3.63) is 35.9 Å². The molecule has 0 saturated heterocycles. The summed E-state index contributed by atoms with van der Waals surface area (Å²) in [4.78, 5) is 26.7. The van der Waals surface area contributed by atoms with Gasteiger partial charge in [-0.25, -0.2) is 4.79 Å². The van der Waals surface area contributed by atoms with Crippen LogP contribution < -0.4 is 10.8 Å². The van der Waals surface area contributed by atoms with Gasteiger partial charge in [0.25, 0.3) is 0 Å². The van der Waals surface area contributed by atoms with Gasteiger partial charge in [-0.15, -0.1) is 5.48 Å². The van der Waals surface area contributed by atoms with Gasteiger partial charge in [-0.05, 0) is 12.1 Å². The third-order valence-electron chi connectivity index (χ3n) is 1.69. The van der Waals surface area contributed by atoms with Crippen molar-refractivity contribution < 1.29 is 14.4 Å². The van der Waals surface area contributed by atoms with Crippen molar-refractivity contribution in [1.82, 2.24) is 10.8 Å². The van der Waals surface area contributed by atoms with E-state index < -0.39 is 5.97 Å². The predicted octanol–water partition coefficient (Wildman–Crippen LogP) is 0.0940. The van der Waals surface area contributed by atoms with E-state index in [9.17, 15) is 9.59 Å². The Bertz CT molecular complexity index is 338. The van der Waals surface area contributed by atoms with Crippen molar-refractivity contribution in [2.24, 2.45) is 0 Å². The van der Waals surface area contributed by atoms with Crippen LogP contribution in [0.15, 0.2) is 30.3 Å². The molecule has 0 fully saturated rings. The lowest BCUT2D eigenvalue weighted by Gasteiger charge is -2.04. The maximum absolute atomic E-state index is 11.3. The van der Waals surface area contributed by atoms with Crippen LogP contribution in [0.5, 0.6) is 0 Å². The third-order valence-corrected chi connectivity index (χ3v) is 1.69. The Morgan fingerprint density at radius 2 is 1.93 bits per heavy atom. The van der Waals surface area contributed by atoms with Gasteiger partial charge in [0.2, 0.25) is 5.91 Å². The summed E-state index contributed by atoms with van der Waals surface area (Å²) in [5.74, 6) is -0.768. The molecule has 1 amide bonds. The van der Waals surface area contributed by atoms with Gasteiger partial charge in [0.15, 0.2) is 0 Å². The average Bonchev–Trinajstić information content (AvgIpc) is 2.29. The van der Waals surface area contributed by atoms with Crippen LogP contribution in [0.2, 0.25) is 0 Å². The highest BCUT2D eigenvalue weighted by molar-refractivity contribution is 5.89. The van der Waals surface area contributed by atoms with Crippen LogP contribution in [-0.4, -0.2) is 25.5 Å². The first-order valence-corrected chi connectivity index (χ1v) is 4.43. The zero-order valence-electron chi connectivity index (χ0n) is 8.32. The molecule has 0 aliphatic rings. The number of nitrogens with one attached hydrogen (secondary N) is 2. The molecule has 0 radical (unpaired) electrons. The Labute approximate surface area is 87.4 Å². The van der Waals surface area contributed by atoms with Gasteiger partial charge in [-0.1, -0.05) is 18.2 Å². The molecular weight excluding hydrogens is 196 g/mol. The van der Waals surface area contributed by atoms with E-state index in [0.717, 1.165) is 0 Å². The summed E-state index contributed by atoms with van der Waals surface area (Å²) in [7, 11) is 1.50. The lowest BCUT2D eigenvalue weighted by atomic mass is 10.2. The number of likely N-dealkylation sites (N-methyl/N-ethyl adjacent to an activating group) is 1. The molecule has 0 aliphatic carbocycles. The Morgan fingerprint density at radius 3 is 2.53 bits per heavy atom.